The maximum Gasteiger partial charge on any atom is 0.348 e. The first kappa shape index (κ1) is 24.0. The molecule has 180 valence electrons. The van der Waals surface area contributed by atoms with Crippen molar-refractivity contribution in [2.24, 2.45) is 0 Å². The van der Waals surface area contributed by atoms with Crippen molar-refractivity contribution in [3.05, 3.63) is 99.9 Å². The molecule has 4 rings (SSSR count). The fourth-order valence-corrected chi connectivity index (χ4v) is 4.25. The molecule has 0 bridgehead atoms. The zero-order valence-electron chi connectivity index (χ0n) is 20.5. The molecule has 1 amide bonds. The number of fused-ring (bicyclic) bond motifs is 1. The lowest BCUT2D eigenvalue weighted by atomic mass is 10.0. The predicted octanol–water partition coefficient (Wildman–Crippen LogP) is 4.24. The second-order valence-electron chi connectivity index (χ2n) is 8.87. The fourth-order valence-electron chi connectivity index (χ4n) is 4.25. The van der Waals surface area contributed by atoms with Gasteiger partial charge in [0, 0.05) is 39.8 Å². The molecule has 7 nitrogen and oxygen atoms in total. The molecule has 0 aliphatic rings. The van der Waals surface area contributed by atoms with Gasteiger partial charge in [-0.15, -0.1) is 0 Å². The Morgan fingerprint density at radius 2 is 1.57 bits per heavy atom. The van der Waals surface area contributed by atoms with Crippen LogP contribution in [0.15, 0.2) is 82.0 Å². The van der Waals surface area contributed by atoms with E-state index in [9.17, 15) is 9.59 Å². The minimum Gasteiger partial charge on any atom is -0.389 e. The summed E-state index contributed by atoms with van der Waals surface area (Å²) >= 11 is 0. The number of carbonyl (C=O) groups excluding carboxylic acids is 1. The lowest BCUT2D eigenvalue weighted by Crippen LogP contribution is -2.42. The maximum atomic E-state index is 13.5. The third kappa shape index (κ3) is 5.51. The van der Waals surface area contributed by atoms with E-state index in [0.717, 1.165) is 22.4 Å². The molecule has 7 heteroatoms. The molecule has 0 fully saturated rings. The van der Waals surface area contributed by atoms with Gasteiger partial charge in [0.05, 0.1) is 10.9 Å². The van der Waals surface area contributed by atoms with E-state index in [1.54, 1.807) is 18.0 Å². The van der Waals surface area contributed by atoms with Gasteiger partial charge in [0.25, 0.3) is 6.01 Å². The Morgan fingerprint density at radius 1 is 0.943 bits per heavy atom. The van der Waals surface area contributed by atoms with Crippen molar-refractivity contribution in [1.29, 1.82) is 0 Å². The molecule has 0 aliphatic heterocycles. The Morgan fingerprint density at radius 3 is 2.20 bits per heavy atom. The quantitative estimate of drug-likeness (QED) is 0.415. The van der Waals surface area contributed by atoms with E-state index in [2.05, 4.69) is 10.3 Å². The van der Waals surface area contributed by atoms with E-state index in [0.29, 0.717) is 23.9 Å². The highest BCUT2D eigenvalue weighted by Crippen LogP contribution is 2.25. The molecule has 4 aromatic rings. The Labute approximate surface area is 205 Å². The average molecular weight is 471 g/mol. The second-order valence-corrected chi connectivity index (χ2v) is 8.87. The third-order valence-corrected chi connectivity index (χ3v) is 6.03. The standard InChI is InChI=1S/C28H30N4O3/c1-19-24(31(2)3)16-15-22-25(19)27(34)35-28(29-22)30-23(17-20-11-7-5-8-12-20)26(33)32(4)18-21-13-9-6-10-14-21/h5-16,23H,17-18H2,1-4H3,(H,29,30). The largest absolute Gasteiger partial charge is 0.389 e. The number of hydrogen-bond acceptors (Lipinski definition) is 6. The lowest BCUT2D eigenvalue weighted by Gasteiger charge is -2.25. The number of nitrogens with one attached hydrogen (secondary N) is 1. The predicted molar refractivity (Wildman–Crippen MR) is 140 cm³/mol. The number of nitrogens with zero attached hydrogens (tertiary/aromatic N) is 3. The summed E-state index contributed by atoms with van der Waals surface area (Å²) in [6.45, 7) is 2.35. The van der Waals surface area contributed by atoms with Gasteiger partial charge in [-0.05, 0) is 35.7 Å². The molecule has 0 radical (unpaired) electrons. The van der Waals surface area contributed by atoms with Crippen LogP contribution in [0.3, 0.4) is 0 Å². The number of amides is 1. The van der Waals surface area contributed by atoms with Crippen LogP contribution in [0.1, 0.15) is 16.7 Å². The van der Waals surface area contributed by atoms with Crippen molar-refractivity contribution in [2.45, 2.75) is 25.9 Å². The van der Waals surface area contributed by atoms with Crippen LogP contribution in [0.25, 0.3) is 10.9 Å². The highest BCUT2D eigenvalue weighted by atomic mass is 16.4. The normalized spacial score (nSPS) is 11.8. The average Bonchev–Trinajstić information content (AvgIpc) is 2.84. The summed E-state index contributed by atoms with van der Waals surface area (Å²) in [4.78, 5) is 34.6. The van der Waals surface area contributed by atoms with E-state index in [4.69, 9.17) is 4.42 Å². The Balaban J connectivity index is 1.65. The molecule has 0 spiro atoms. The van der Waals surface area contributed by atoms with Gasteiger partial charge in [0.1, 0.15) is 6.04 Å². The fraction of sp³-hybridized carbons (Fsp3) is 0.250. The topological polar surface area (TPSA) is 78.7 Å². The van der Waals surface area contributed by atoms with Crippen molar-refractivity contribution in [3.63, 3.8) is 0 Å². The third-order valence-electron chi connectivity index (χ3n) is 6.03. The van der Waals surface area contributed by atoms with Crippen molar-refractivity contribution >= 4 is 28.5 Å². The summed E-state index contributed by atoms with van der Waals surface area (Å²) < 4.78 is 5.56. The van der Waals surface area contributed by atoms with Crippen LogP contribution in [-0.4, -0.2) is 43.0 Å². The van der Waals surface area contributed by atoms with E-state index in [1.165, 1.54) is 0 Å². The molecule has 1 heterocycles. The number of benzene rings is 3. The summed E-state index contributed by atoms with van der Waals surface area (Å²) in [6.07, 6.45) is 0.417. The smallest absolute Gasteiger partial charge is 0.348 e. The molecule has 0 aliphatic carbocycles. The van der Waals surface area contributed by atoms with Crippen molar-refractivity contribution < 1.29 is 9.21 Å². The number of anilines is 2. The monoisotopic (exact) mass is 470 g/mol. The number of rotatable bonds is 8. The first-order valence-electron chi connectivity index (χ1n) is 11.5. The number of likely N-dealkylation sites (N-methyl/N-ethyl adjacent to an activating group) is 1. The maximum absolute atomic E-state index is 13.5. The van der Waals surface area contributed by atoms with Gasteiger partial charge >= 0.3 is 5.63 Å². The Hall–Kier alpha value is -4.13. The molecule has 1 N–H and O–H groups in total. The van der Waals surface area contributed by atoms with Crippen LogP contribution < -0.4 is 15.8 Å². The van der Waals surface area contributed by atoms with Crippen LogP contribution in [0.4, 0.5) is 11.7 Å². The SMILES string of the molecule is Cc1c(N(C)C)ccc2nc(NC(Cc3ccccc3)C(=O)N(C)Cc3ccccc3)oc(=O)c12. The van der Waals surface area contributed by atoms with Crippen LogP contribution >= 0.6 is 0 Å². The van der Waals surface area contributed by atoms with Gasteiger partial charge in [-0.2, -0.15) is 4.98 Å². The summed E-state index contributed by atoms with van der Waals surface area (Å²) in [7, 11) is 5.61. The minimum atomic E-state index is -0.665. The second kappa shape index (κ2) is 10.4. The molecule has 0 saturated carbocycles. The summed E-state index contributed by atoms with van der Waals surface area (Å²) in [5.74, 6) is -0.124. The summed E-state index contributed by atoms with van der Waals surface area (Å²) in [6, 6.07) is 22.6. The van der Waals surface area contributed by atoms with E-state index in [1.807, 2.05) is 92.6 Å². The van der Waals surface area contributed by atoms with Crippen molar-refractivity contribution in [2.75, 3.05) is 31.4 Å². The zero-order chi connectivity index (χ0) is 24.9. The molecule has 1 aromatic heterocycles. The number of hydrogen-bond donors (Lipinski definition) is 1. The Kier molecular flexibility index (Phi) is 7.15. The number of aromatic nitrogens is 1. The summed E-state index contributed by atoms with van der Waals surface area (Å²) in [5, 5.41) is 3.54. The van der Waals surface area contributed by atoms with Gasteiger partial charge in [-0.3, -0.25) is 4.79 Å². The van der Waals surface area contributed by atoms with Crippen molar-refractivity contribution in [1.82, 2.24) is 9.88 Å². The first-order chi connectivity index (χ1) is 16.8. The highest BCUT2D eigenvalue weighted by Gasteiger charge is 2.25. The van der Waals surface area contributed by atoms with Crippen LogP contribution in [0, 0.1) is 6.92 Å². The van der Waals surface area contributed by atoms with E-state index in [-0.39, 0.29) is 11.9 Å². The number of carbonyl (C=O) groups is 1. The molecule has 0 saturated heterocycles. The van der Waals surface area contributed by atoms with Crippen LogP contribution in [0.2, 0.25) is 0 Å². The van der Waals surface area contributed by atoms with Crippen LogP contribution in [0.5, 0.6) is 0 Å². The molecule has 1 unspecified atom stereocenters. The van der Waals surface area contributed by atoms with Gasteiger partial charge < -0.3 is 19.5 Å². The lowest BCUT2D eigenvalue weighted by molar-refractivity contribution is -0.131. The molecular weight excluding hydrogens is 440 g/mol. The first-order valence-corrected chi connectivity index (χ1v) is 11.5. The highest BCUT2D eigenvalue weighted by molar-refractivity contribution is 5.87. The van der Waals surface area contributed by atoms with Gasteiger partial charge in [-0.25, -0.2) is 4.79 Å². The van der Waals surface area contributed by atoms with Gasteiger partial charge in [0.15, 0.2) is 0 Å². The molecular formula is C28H30N4O3. The zero-order valence-corrected chi connectivity index (χ0v) is 20.5. The molecule has 1 atom stereocenters. The minimum absolute atomic E-state index is 0.0295. The number of aryl methyl sites for hydroxylation is 1. The van der Waals surface area contributed by atoms with Gasteiger partial charge in [0.2, 0.25) is 5.91 Å². The van der Waals surface area contributed by atoms with E-state index >= 15 is 0 Å². The summed E-state index contributed by atoms with van der Waals surface area (Å²) in [5.41, 5.74) is 3.79. The molecule has 3 aromatic carbocycles. The van der Waals surface area contributed by atoms with Gasteiger partial charge in [-0.1, -0.05) is 60.7 Å². The Bertz CT molecular complexity index is 1370. The van der Waals surface area contributed by atoms with Crippen LogP contribution in [-0.2, 0) is 17.8 Å². The molecule has 35 heavy (non-hydrogen) atoms. The van der Waals surface area contributed by atoms with E-state index < -0.39 is 11.7 Å². The van der Waals surface area contributed by atoms with Crippen molar-refractivity contribution in [3.8, 4) is 0 Å².